The molecule has 2 aromatic rings. The molecule has 0 bridgehead atoms. The monoisotopic (exact) mass is 259 g/mol. The summed E-state index contributed by atoms with van der Waals surface area (Å²) in [7, 11) is 0. The largest absolute Gasteiger partial charge is 0.508 e. The first kappa shape index (κ1) is 13.4. The lowest BCUT2D eigenvalue weighted by Crippen LogP contribution is -2.03. The van der Waals surface area contributed by atoms with Crippen molar-refractivity contribution in [3.63, 3.8) is 0 Å². The molecule has 2 N–H and O–H groups in total. The van der Waals surface area contributed by atoms with E-state index in [4.69, 9.17) is 0 Å². The third-order valence-electron chi connectivity index (χ3n) is 3.09. The van der Waals surface area contributed by atoms with Crippen LogP contribution in [-0.4, -0.2) is 5.11 Å². The van der Waals surface area contributed by atoms with E-state index in [-0.39, 0.29) is 5.75 Å². The van der Waals surface area contributed by atoms with Crippen molar-refractivity contribution >= 4 is 5.69 Å². The summed E-state index contributed by atoms with van der Waals surface area (Å²) in [6.07, 6.45) is 0. The molecular weight excluding hydrogens is 241 g/mol. The average Bonchev–Trinajstić information content (AvgIpc) is 2.25. The molecule has 0 heterocycles. The van der Waals surface area contributed by atoms with E-state index in [2.05, 4.69) is 24.4 Å². The molecule has 0 aromatic heterocycles. The van der Waals surface area contributed by atoms with Gasteiger partial charge < -0.3 is 10.4 Å². The molecule has 0 amide bonds. The Morgan fingerprint density at radius 2 is 1.63 bits per heavy atom. The highest BCUT2D eigenvalue weighted by Gasteiger charge is 2.05. The number of halogens is 1. The number of aromatic hydroxyl groups is 1. The lowest BCUT2D eigenvalue weighted by Gasteiger charge is -2.14. The Hall–Kier alpha value is -2.03. The molecule has 3 heteroatoms. The van der Waals surface area contributed by atoms with E-state index >= 15 is 0 Å². The minimum Gasteiger partial charge on any atom is -0.508 e. The van der Waals surface area contributed by atoms with Crippen molar-refractivity contribution in [1.29, 1.82) is 0 Å². The fourth-order valence-electron chi connectivity index (χ4n) is 2.38. The molecule has 19 heavy (non-hydrogen) atoms. The summed E-state index contributed by atoms with van der Waals surface area (Å²) in [6.45, 7) is 6.64. The Labute approximate surface area is 112 Å². The second-order valence-corrected chi connectivity index (χ2v) is 4.94. The van der Waals surface area contributed by atoms with Gasteiger partial charge in [-0.2, -0.15) is 0 Å². The molecule has 2 nitrogen and oxygen atoms in total. The normalized spacial score (nSPS) is 10.5. The summed E-state index contributed by atoms with van der Waals surface area (Å²) in [5.41, 5.74) is 5.34. The predicted molar refractivity (Wildman–Crippen MR) is 76.0 cm³/mol. The van der Waals surface area contributed by atoms with Gasteiger partial charge in [0.1, 0.15) is 11.6 Å². The Bertz CT molecular complexity index is 564. The zero-order chi connectivity index (χ0) is 14.0. The van der Waals surface area contributed by atoms with E-state index in [1.54, 1.807) is 6.07 Å². The molecule has 100 valence electrons. The van der Waals surface area contributed by atoms with Gasteiger partial charge in [0.2, 0.25) is 0 Å². The molecule has 0 unspecified atom stereocenters. The van der Waals surface area contributed by atoms with Crippen LogP contribution in [-0.2, 0) is 6.54 Å². The number of phenolic OH excluding ortho intramolecular Hbond substituents is 1. The first-order valence-corrected chi connectivity index (χ1v) is 6.26. The number of hydrogen-bond donors (Lipinski definition) is 2. The molecule has 0 saturated carbocycles. The van der Waals surface area contributed by atoms with Crippen LogP contribution in [0.2, 0.25) is 0 Å². The number of rotatable bonds is 3. The maximum absolute atomic E-state index is 13.2. The first-order chi connectivity index (χ1) is 8.95. The Morgan fingerprint density at radius 1 is 1.00 bits per heavy atom. The van der Waals surface area contributed by atoms with Crippen LogP contribution in [0, 0.1) is 26.6 Å². The molecule has 0 aliphatic heterocycles. The lowest BCUT2D eigenvalue weighted by atomic mass is 10.0. The van der Waals surface area contributed by atoms with E-state index in [1.807, 2.05) is 13.8 Å². The second kappa shape index (κ2) is 5.31. The molecule has 0 aliphatic carbocycles. The van der Waals surface area contributed by atoms with Crippen molar-refractivity contribution in [2.75, 3.05) is 5.32 Å². The van der Waals surface area contributed by atoms with E-state index in [0.717, 1.165) is 28.4 Å². The van der Waals surface area contributed by atoms with Crippen molar-refractivity contribution in [2.24, 2.45) is 0 Å². The minimum atomic E-state index is -0.422. The van der Waals surface area contributed by atoms with Crippen LogP contribution in [0.1, 0.15) is 22.3 Å². The molecule has 0 fully saturated rings. The van der Waals surface area contributed by atoms with Crippen LogP contribution >= 0.6 is 0 Å². The number of nitrogens with one attached hydrogen (secondary N) is 1. The highest BCUT2D eigenvalue weighted by molar-refractivity contribution is 5.58. The van der Waals surface area contributed by atoms with Gasteiger partial charge in [0.05, 0.1) is 0 Å². The standard InChI is InChI=1S/C16H18FNO/c1-10-4-11(2)16(12(3)5-10)18-9-13-6-14(17)8-15(19)7-13/h4-8,18-19H,9H2,1-3H3. The number of anilines is 1. The molecule has 0 radical (unpaired) electrons. The minimum absolute atomic E-state index is 0.0471. The smallest absolute Gasteiger partial charge is 0.127 e. The summed E-state index contributed by atoms with van der Waals surface area (Å²) in [5, 5.41) is 12.7. The van der Waals surface area contributed by atoms with Crippen LogP contribution in [0.3, 0.4) is 0 Å². The quantitative estimate of drug-likeness (QED) is 0.871. The average molecular weight is 259 g/mol. The predicted octanol–water partition coefficient (Wildman–Crippen LogP) is 4.07. The highest BCUT2D eigenvalue weighted by Crippen LogP contribution is 2.23. The van der Waals surface area contributed by atoms with Crippen LogP contribution in [0.25, 0.3) is 0 Å². The van der Waals surface area contributed by atoms with Crippen LogP contribution in [0.5, 0.6) is 5.75 Å². The van der Waals surface area contributed by atoms with Crippen LogP contribution in [0.15, 0.2) is 30.3 Å². The summed E-state index contributed by atoms with van der Waals surface area (Å²) in [5.74, 6) is -0.469. The van der Waals surface area contributed by atoms with E-state index in [1.165, 1.54) is 11.6 Å². The number of hydrogen-bond acceptors (Lipinski definition) is 2. The van der Waals surface area contributed by atoms with E-state index in [0.29, 0.717) is 6.54 Å². The SMILES string of the molecule is Cc1cc(C)c(NCc2cc(O)cc(F)c2)c(C)c1. The summed E-state index contributed by atoms with van der Waals surface area (Å²) in [4.78, 5) is 0. The zero-order valence-electron chi connectivity index (χ0n) is 11.4. The molecule has 0 atom stereocenters. The summed E-state index contributed by atoms with van der Waals surface area (Å²) in [6, 6.07) is 8.31. The molecule has 2 rings (SSSR count). The second-order valence-electron chi connectivity index (χ2n) is 4.94. The van der Waals surface area contributed by atoms with Crippen molar-refractivity contribution in [2.45, 2.75) is 27.3 Å². The maximum Gasteiger partial charge on any atom is 0.127 e. The van der Waals surface area contributed by atoms with Gasteiger partial charge in [-0.1, -0.05) is 17.7 Å². The molecular formula is C16H18FNO. The van der Waals surface area contributed by atoms with Gasteiger partial charge in [0.25, 0.3) is 0 Å². The zero-order valence-corrected chi connectivity index (χ0v) is 11.4. The van der Waals surface area contributed by atoms with E-state index < -0.39 is 5.82 Å². The summed E-state index contributed by atoms with van der Waals surface area (Å²) >= 11 is 0. The number of aryl methyl sites for hydroxylation is 3. The topological polar surface area (TPSA) is 32.3 Å². The van der Waals surface area contributed by atoms with Crippen molar-refractivity contribution in [3.05, 3.63) is 58.4 Å². The van der Waals surface area contributed by atoms with Gasteiger partial charge in [-0.25, -0.2) is 4.39 Å². The van der Waals surface area contributed by atoms with Crippen LogP contribution < -0.4 is 5.32 Å². The molecule has 0 saturated heterocycles. The van der Waals surface area contributed by atoms with Gasteiger partial charge in [0, 0.05) is 18.3 Å². The molecule has 0 spiro atoms. The Balaban J connectivity index is 2.19. The maximum atomic E-state index is 13.2. The van der Waals surface area contributed by atoms with Gasteiger partial charge in [-0.3, -0.25) is 0 Å². The lowest BCUT2D eigenvalue weighted by molar-refractivity contribution is 0.468. The highest BCUT2D eigenvalue weighted by atomic mass is 19.1. The van der Waals surface area contributed by atoms with Gasteiger partial charge in [-0.05, 0) is 49.6 Å². The third kappa shape index (κ3) is 3.25. The van der Waals surface area contributed by atoms with Gasteiger partial charge in [0.15, 0.2) is 0 Å². The molecule has 2 aromatic carbocycles. The summed E-state index contributed by atoms with van der Waals surface area (Å²) < 4.78 is 13.2. The number of benzene rings is 2. The van der Waals surface area contributed by atoms with Gasteiger partial charge in [-0.15, -0.1) is 0 Å². The molecule has 0 aliphatic rings. The Morgan fingerprint density at radius 3 is 2.21 bits per heavy atom. The fraction of sp³-hybridized carbons (Fsp3) is 0.250. The van der Waals surface area contributed by atoms with Crippen molar-refractivity contribution in [3.8, 4) is 5.75 Å². The van der Waals surface area contributed by atoms with E-state index in [9.17, 15) is 9.50 Å². The Kier molecular flexibility index (Phi) is 3.74. The fourth-order valence-corrected chi connectivity index (χ4v) is 2.38. The van der Waals surface area contributed by atoms with Crippen molar-refractivity contribution < 1.29 is 9.50 Å². The number of phenols is 1. The van der Waals surface area contributed by atoms with Crippen molar-refractivity contribution in [1.82, 2.24) is 0 Å². The first-order valence-electron chi connectivity index (χ1n) is 6.26. The van der Waals surface area contributed by atoms with Gasteiger partial charge >= 0.3 is 0 Å². The van der Waals surface area contributed by atoms with Crippen LogP contribution in [0.4, 0.5) is 10.1 Å². The third-order valence-corrected chi connectivity index (χ3v) is 3.09.